The van der Waals surface area contributed by atoms with Gasteiger partial charge in [-0.3, -0.25) is 29.7 Å². The number of benzene rings is 2. The van der Waals surface area contributed by atoms with Crippen LogP contribution in [-0.2, 0) is 16.1 Å². The fraction of sp³-hybridized carbons (Fsp3) is 0.400. The molecule has 0 spiro atoms. The number of fused-ring (bicyclic) bond motifs is 1. The van der Waals surface area contributed by atoms with Crippen LogP contribution in [0.15, 0.2) is 47.3 Å². The average molecular weight is 433 g/mol. The van der Waals surface area contributed by atoms with Crippen molar-refractivity contribution in [3.63, 3.8) is 0 Å². The summed E-state index contributed by atoms with van der Waals surface area (Å²) in [6.07, 6.45) is 2.74. The molecule has 2 amide bonds. The lowest BCUT2D eigenvalue weighted by molar-refractivity contribution is -0.136. The summed E-state index contributed by atoms with van der Waals surface area (Å²) in [4.78, 5) is 39.0. The zero-order chi connectivity index (χ0) is 22.2. The third-order valence-electron chi connectivity index (χ3n) is 6.84. The van der Waals surface area contributed by atoms with Gasteiger partial charge in [-0.25, -0.2) is 4.68 Å². The molecule has 2 N–H and O–H groups in total. The van der Waals surface area contributed by atoms with E-state index in [1.54, 1.807) is 0 Å². The smallest absolute Gasteiger partial charge is 0.275 e. The fourth-order valence-electron chi connectivity index (χ4n) is 4.93. The third-order valence-corrected chi connectivity index (χ3v) is 6.84. The molecule has 3 aromatic rings. The maximum atomic E-state index is 12.8. The molecule has 1 unspecified atom stereocenters. The fourth-order valence-corrected chi connectivity index (χ4v) is 4.93. The van der Waals surface area contributed by atoms with Crippen LogP contribution >= 0.6 is 0 Å². The first-order valence-electron chi connectivity index (χ1n) is 11.3. The molecular formula is C25H28N4O3. The molecule has 0 bridgehead atoms. The van der Waals surface area contributed by atoms with E-state index in [-0.39, 0.29) is 17.9 Å². The summed E-state index contributed by atoms with van der Waals surface area (Å²) < 4.78 is 1.38. The van der Waals surface area contributed by atoms with Crippen LogP contribution in [0.25, 0.3) is 10.9 Å². The summed E-state index contributed by atoms with van der Waals surface area (Å²) in [6, 6.07) is 14.0. The Balaban J connectivity index is 1.29. The van der Waals surface area contributed by atoms with Gasteiger partial charge in [0, 0.05) is 13.0 Å². The van der Waals surface area contributed by atoms with Crippen molar-refractivity contribution in [3.8, 4) is 0 Å². The molecule has 166 valence electrons. The summed E-state index contributed by atoms with van der Waals surface area (Å²) in [5.41, 5.74) is 4.40. The van der Waals surface area contributed by atoms with Crippen LogP contribution in [-0.4, -0.2) is 39.6 Å². The van der Waals surface area contributed by atoms with Gasteiger partial charge in [-0.15, -0.1) is 0 Å². The highest BCUT2D eigenvalue weighted by Gasteiger charge is 2.30. The second-order valence-corrected chi connectivity index (χ2v) is 9.09. The number of carbonyl (C=O) groups excluding carboxylic acids is 2. The molecule has 0 radical (unpaired) electrons. The van der Waals surface area contributed by atoms with Crippen molar-refractivity contribution in [3.05, 3.63) is 69.5 Å². The molecule has 7 nitrogen and oxygen atoms in total. The predicted octanol–water partition coefficient (Wildman–Crippen LogP) is 3.00. The van der Waals surface area contributed by atoms with E-state index in [0.29, 0.717) is 17.7 Å². The van der Waals surface area contributed by atoms with Gasteiger partial charge in [0.25, 0.3) is 11.5 Å². The van der Waals surface area contributed by atoms with E-state index in [2.05, 4.69) is 52.6 Å². The van der Waals surface area contributed by atoms with Gasteiger partial charge in [-0.05, 0) is 68.5 Å². The number of amides is 2. The van der Waals surface area contributed by atoms with E-state index >= 15 is 0 Å². The minimum atomic E-state index is -0.666. The molecule has 0 aliphatic carbocycles. The van der Waals surface area contributed by atoms with Gasteiger partial charge in [0.1, 0.15) is 6.04 Å². The van der Waals surface area contributed by atoms with Gasteiger partial charge < -0.3 is 0 Å². The van der Waals surface area contributed by atoms with Crippen molar-refractivity contribution in [1.82, 2.24) is 20.0 Å². The molecule has 32 heavy (non-hydrogen) atoms. The molecule has 0 saturated carbocycles. The monoisotopic (exact) mass is 432 g/mol. The summed E-state index contributed by atoms with van der Waals surface area (Å²) in [5.74, 6) is -0.251. The summed E-state index contributed by atoms with van der Waals surface area (Å²) in [6.45, 7) is 5.18. The number of hydrogen-bond acceptors (Lipinski definition) is 4. The number of aryl methyl sites for hydroxylation is 1. The minimum absolute atomic E-state index is 0.214. The van der Waals surface area contributed by atoms with Crippen LogP contribution in [0.2, 0.25) is 0 Å². The molecule has 2 fully saturated rings. The SMILES string of the molecule is Cc1ccc(CN2CCC(c3ccc4c(=O)n(C5CCC(=O)NC5=O)[nH]c4c3)CC2)cc1. The summed E-state index contributed by atoms with van der Waals surface area (Å²) in [7, 11) is 0. The first-order chi connectivity index (χ1) is 15.5. The van der Waals surface area contributed by atoms with Gasteiger partial charge >= 0.3 is 0 Å². The quantitative estimate of drug-likeness (QED) is 0.621. The lowest BCUT2D eigenvalue weighted by atomic mass is 9.89. The van der Waals surface area contributed by atoms with Crippen LogP contribution in [0, 0.1) is 6.92 Å². The largest absolute Gasteiger partial charge is 0.299 e. The van der Waals surface area contributed by atoms with Gasteiger partial charge in [0.05, 0.1) is 10.9 Å². The van der Waals surface area contributed by atoms with Crippen molar-refractivity contribution in [1.29, 1.82) is 0 Å². The zero-order valence-electron chi connectivity index (χ0n) is 18.3. The minimum Gasteiger partial charge on any atom is -0.299 e. The molecule has 7 heteroatoms. The molecule has 3 heterocycles. The number of hydrogen-bond donors (Lipinski definition) is 2. The second-order valence-electron chi connectivity index (χ2n) is 9.09. The Morgan fingerprint density at radius 2 is 1.72 bits per heavy atom. The van der Waals surface area contributed by atoms with Crippen molar-refractivity contribution >= 4 is 22.7 Å². The second kappa shape index (κ2) is 8.39. The first-order valence-corrected chi connectivity index (χ1v) is 11.3. The van der Waals surface area contributed by atoms with Gasteiger partial charge in [-0.2, -0.15) is 0 Å². The van der Waals surface area contributed by atoms with E-state index in [9.17, 15) is 14.4 Å². The Morgan fingerprint density at radius 3 is 2.44 bits per heavy atom. The summed E-state index contributed by atoms with van der Waals surface area (Å²) in [5, 5.41) is 6.03. The van der Waals surface area contributed by atoms with Gasteiger partial charge in [-0.1, -0.05) is 35.9 Å². The van der Waals surface area contributed by atoms with E-state index in [1.807, 2.05) is 12.1 Å². The van der Waals surface area contributed by atoms with Crippen molar-refractivity contribution in [2.75, 3.05) is 13.1 Å². The zero-order valence-corrected chi connectivity index (χ0v) is 18.3. The maximum Gasteiger partial charge on any atom is 0.275 e. The number of nitrogens with zero attached hydrogens (tertiary/aromatic N) is 2. The maximum absolute atomic E-state index is 12.8. The summed E-state index contributed by atoms with van der Waals surface area (Å²) >= 11 is 0. The Kier molecular flexibility index (Phi) is 5.43. The molecule has 2 aromatic carbocycles. The number of nitrogens with one attached hydrogen (secondary N) is 2. The van der Waals surface area contributed by atoms with Crippen LogP contribution < -0.4 is 10.9 Å². The van der Waals surface area contributed by atoms with Crippen molar-refractivity contribution in [2.24, 2.45) is 0 Å². The number of likely N-dealkylation sites (tertiary alicyclic amines) is 1. The molecular weight excluding hydrogens is 404 g/mol. The van der Waals surface area contributed by atoms with Crippen LogP contribution in [0.1, 0.15) is 54.3 Å². The number of piperidine rings is 2. The lowest BCUT2D eigenvalue weighted by Gasteiger charge is -2.32. The Labute approximate surface area is 186 Å². The standard InChI is InChI=1S/C25H28N4O3/c1-16-2-4-17(5-3-16)15-28-12-10-18(11-13-28)19-6-7-20-21(14-19)27-29(25(20)32)22-8-9-23(30)26-24(22)31/h2-7,14,18,22,27H,8-13,15H2,1H3,(H,26,30,31). The van der Waals surface area contributed by atoms with E-state index < -0.39 is 11.9 Å². The normalized spacial score (nSPS) is 20.6. The predicted molar refractivity (Wildman–Crippen MR) is 122 cm³/mol. The van der Waals surface area contributed by atoms with E-state index in [4.69, 9.17) is 0 Å². The van der Waals surface area contributed by atoms with Crippen LogP contribution in [0.5, 0.6) is 0 Å². The molecule has 1 atom stereocenters. The first kappa shape index (κ1) is 20.7. The number of aromatic nitrogens is 2. The number of rotatable bonds is 4. The van der Waals surface area contributed by atoms with E-state index in [1.165, 1.54) is 21.4 Å². The highest BCUT2D eigenvalue weighted by atomic mass is 16.2. The molecule has 1 aromatic heterocycles. The number of imide groups is 1. The van der Waals surface area contributed by atoms with Crippen molar-refractivity contribution in [2.45, 2.75) is 51.1 Å². The Bertz CT molecular complexity index is 1220. The number of carbonyl (C=O) groups is 2. The van der Waals surface area contributed by atoms with Crippen LogP contribution in [0.3, 0.4) is 0 Å². The average Bonchev–Trinajstić information content (AvgIpc) is 3.11. The molecule has 2 saturated heterocycles. The van der Waals surface area contributed by atoms with Gasteiger partial charge in [0.2, 0.25) is 5.91 Å². The Hall–Kier alpha value is -3.19. The lowest BCUT2D eigenvalue weighted by Crippen LogP contribution is -2.44. The molecule has 2 aliphatic rings. The molecule has 5 rings (SSSR count). The Morgan fingerprint density at radius 1 is 0.969 bits per heavy atom. The van der Waals surface area contributed by atoms with Crippen molar-refractivity contribution < 1.29 is 9.59 Å². The topological polar surface area (TPSA) is 87.2 Å². The highest BCUT2D eigenvalue weighted by Crippen LogP contribution is 2.30. The molecule has 2 aliphatic heterocycles. The van der Waals surface area contributed by atoms with E-state index in [0.717, 1.165) is 38.0 Å². The number of H-pyrrole nitrogens is 1. The number of aromatic amines is 1. The van der Waals surface area contributed by atoms with Crippen LogP contribution in [0.4, 0.5) is 0 Å². The van der Waals surface area contributed by atoms with Gasteiger partial charge in [0.15, 0.2) is 0 Å². The third kappa shape index (κ3) is 4.00. The highest BCUT2D eigenvalue weighted by molar-refractivity contribution is 5.99.